The number of alkyl halides is 2. The van der Waals surface area contributed by atoms with Crippen molar-refractivity contribution in [1.82, 2.24) is 0 Å². The standard InChI is InChI=1S/C19H21F2NO4S/c20-19(21,18(24)14-5-2-1-3-6-14)27(25,26)17-10-8-15(9-11-17)22-12-4-7-16(22)13-23/h1-3,5-6,8-11,16,18,23-24H,4,7,12-13H2. The summed E-state index contributed by atoms with van der Waals surface area (Å²) in [4.78, 5) is 1.36. The molecule has 0 saturated carbocycles. The summed E-state index contributed by atoms with van der Waals surface area (Å²) in [5.74, 6) is 0. The fraction of sp³-hybridized carbons (Fsp3) is 0.368. The van der Waals surface area contributed by atoms with Crippen LogP contribution in [0, 0.1) is 0 Å². The number of nitrogens with zero attached hydrogens (tertiary/aromatic N) is 1. The molecule has 1 saturated heterocycles. The molecule has 2 atom stereocenters. The van der Waals surface area contributed by atoms with Crippen molar-refractivity contribution in [2.75, 3.05) is 18.1 Å². The lowest BCUT2D eigenvalue weighted by Gasteiger charge is -2.26. The Bertz CT molecular complexity index is 872. The van der Waals surface area contributed by atoms with Gasteiger partial charge < -0.3 is 15.1 Å². The molecule has 2 unspecified atom stereocenters. The summed E-state index contributed by atoms with van der Waals surface area (Å²) >= 11 is 0. The van der Waals surface area contributed by atoms with Gasteiger partial charge in [0.2, 0.25) is 9.84 Å². The van der Waals surface area contributed by atoms with Gasteiger partial charge in [-0.15, -0.1) is 0 Å². The van der Waals surface area contributed by atoms with Gasteiger partial charge in [-0.1, -0.05) is 30.3 Å². The van der Waals surface area contributed by atoms with Crippen molar-refractivity contribution in [3.63, 3.8) is 0 Å². The van der Waals surface area contributed by atoms with Gasteiger partial charge in [0.25, 0.3) is 0 Å². The number of hydrogen-bond acceptors (Lipinski definition) is 5. The molecular formula is C19H21F2NO4S. The maximum absolute atomic E-state index is 14.6. The van der Waals surface area contributed by atoms with Gasteiger partial charge in [0.1, 0.15) is 0 Å². The zero-order valence-corrected chi connectivity index (χ0v) is 15.3. The van der Waals surface area contributed by atoms with E-state index in [1.807, 2.05) is 4.90 Å². The highest BCUT2D eigenvalue weighted by atomic mass is 32.2. The molecule has 0 radical (unpaired) electrons. The molecule has 8 heteroatoms. The molecular weight excluding hydrogens is 376 g/mol. The van der Waals surface area contributed by atoms with Gasteiger partial charge in [-0.05, 0) is 42.7 Å². The van der Waals surface area contributed by atoms with Gasteiger partial charge >= 0.3 is 5.25 Å². The second-order valence-electron chi connectivity index (χ2n) is 6.54. The van der Waals surface area contributed by atoms with Crippen LogP contribution in [0.25, 0.3) is 0 Å². The Balaban J connectivity index is 1.88. The third-order valence-electron chi connectivity index (χ3n) is 4.86. The molecule has 1 aliphatic heterocycles. The third-order valence-corrected chi connectivity index (χ3v) is 6.69. The largest absolute Gasteiger partial charge is 0.394 e. The molecule has 2 N–H and O–H groups in total. The number of aliphatic hydroxyl groups is 2. The molecule has 2 aromatic carbocycles. The SMILES string of the molecule is O=S(=O)(c1ccc(N2CCCC2CO)cc1)C(F)(F)C(O)c1ccccc1. The summed E-state index contributed by atoms with van der Waals surface area (Å²) in [6.45, 7) is 0.682. The molecule has 27 heavy (non-hydrogen) atoms. The number of benzene rings is 2. The first-order valence-corrected chi connectivity index (χ1v) is 10.1. The van der Waals surface area contributed by atoms with Gasteiger partial charge in [0.15, 0.2) is 6.10 Å². The maximum Gasteiger partial charge on any atom is 0.379 e. The second-order valence-corrected chi connectivity index (χ2v) is 8.57. The Morgan fingerprint density at radius 2 is 1.74 bits per heavy atom. The molecule has 3 rings (SSSR count). The first-order chi connectivity index (χ1) is 12.8. The normalized spacial score (nSPS) is 19.3. The van der Waals surface area contributed by atoms with Gasteiger partial charge in [0, 0.05) is 12.2 Å². The van der Waals surface area contributed by atoms with Crippen molar-refractivity contribution in [2.45, 2.75) is 35.1 Å². The quantitative estimate of drug-likeness (QED) is 0.784. The number of sulfone groups is 1. The van der Waals surface area contributed by atoms with Crippen LogP contribution in [0.3, 0.4) is 0 Å². The van der Waals surface area contributed by atoms with Crippen LogP contribution in [0.1, 0.15) is 24.5 Å². The van der Waals surface area contributed by atoms with Gasteiger partial charge in [-0.25, -0.2) is 8.42 Å². The van der Waals surface area contributed by atoms with E-state index in [-0.39, 0.29) is 18.2 Å². The minimum atomic E-state index is -5.10. The molecule has 2 aromatic rings. The molecule has 1 aliphatic rings. The third kappa shape index (κ3) is 3.56. The summed E-state index contributed by atoms with van der Waals surface area (Å²) < 4.78 is 54.1. The number of hydrogen-bond donors (Lipinski definition) is 2. The Hall–Kier alpha value is -2.03. The Kier molecular flexibility index (Phi) is 5.50. The monoisotopic (exact) mass is 397 g/mol. The van der Waals surface area contributed by atoms with E-state index < -0.39 is 26.1 Å². The molecule has 146 valence electrons. The number of rotatable bonds is 6. The smallest absolute Gasteiger partial charge is 0.379 e. The van der Waals surface area contributed by atoms with E-state index in [1.54, 1.807) is 6.07 Å². The highest BCUT2D eigenvalue weighted by Gasteiger charge is 2.53. The first kappa shape index (κ1) is 19.7. The fourth-order valence-corrected chi connectivity index (χ4v) is 4.55. The van der Waals surface area contributed by atoms with Gasteiger partial charge in [0.05, 0.1) is 17.5 Å². The van der Waals surface area contributed by atoms with Crippen molar-refractivity contribution >= 4 is 15.5 Å². The molecule has 0 amide bonds. The van der Waals surface area contributed by atoms with E-state index in [9.17, 15) is 27.4 Å². The predicted molar refractivity (Wildman–Crippen MR) is 97.4 cm³/mol. The van der Waals surface area contributed by atoms with Crippen LogP contribution < -0.4 is 4.90 Å². The molecule has 0 spiro atoms. The molecule has 1 heterocycles. The van der Waals surface area contributed by atoms with Crippen molar-refractivity contribution in [1.29, 1.82) is 0 Å². The van der Waals surface area contributed by atoms with Crippen LogP contribution >= 0.6 is 0 Å². The molecule has 0 aliphatic carbocycles. The van der Waals surface area contributed by atoms with E-state index in [2.05, 4.69) is 0 Å². The number of halogens is 2. The zero-order valence-electron chi connectivity index (χ0n) is 14.5. The molecule has 0 bridgehead atoms. The first-order valence-electron chi connectivity index (χ1n) is 8.62. The lowest BCUT2D eigenvalue weighted by atomic mass is 10.1. The van der Waals surface area contributed by atoms with E-state index in [1.165, 1.54) is 36.4 Å². The Morgan fingerprint density at radius 1 is 1.11 bits per heavy atom. The van der Waals surface area contributed by atoms with Crippen LogP contribution in [0.4, 0.5) is 14.5 Å². The average Bonchev–Trinajstić information content (AvgIpc) is 3.16. The van der Waals surface area contributed by atoms with Crippen LogP contribution in [0.15, 0.2) is 59.5 Å². The van der Waals surface area contributed by atoms with Crippen molar-refractivity contribution < 1.29 is 27.4 Å². The van der Waals surface area contributed by atoms with Crippen LogP contribution in [0.2, 0.25) is 0 Å². The Labute approximate surface area is 156 Å². The summed E-state index contributed by atoms with van der Waals surface area (Å²) in [6, 6.07) is 12.0. The lowest BCUT2D eigenvalue weighted by Crippen LogP contribution is -2.36. The summed E-state index contributed by atoms with van der Waals surface area (Å²) in [5, 5.41) is 15.0. The average molecular weight is 397 g/mol. The summed E-state index contributed by atoms with van der Waals surface area (Å²) in [7, 11) is -5.10. The number of aliphatic hydroxyl groups excluding tert-OH is 2. The minimum Gasteiger partial charge on any atom is -0.394 e. The van der Waals surface area contributed by atoms with E-state index >= 15 is 0 Å². The van der Waals surface area contributed by atoms with Crippen molar-refractivity contribution in [2.24, 2.45) is 0 Å². The van der Waals surface area contributed by atoms with Crippen molar-refractivity contribution in [3.8, 4) is 0 Å². The summed E-state index contributed by atoms with van der Waals surface area (Å²) in [6.07, 6.45) is -0.759. The predicted octanol–water partition coefficient (Wildman–Crippen LogP) is 2.75. The second kappa shape index (κ2) is 7.53. The summed E-state index contributed by atoms with van der Waals surface area (Å²) in [5.41, 5.74) is 0.489. The van der Waals surface area contributed by atoms with Gasteiger partial charge in [-0.3, -0.25) is 0 Å². The highest BCUT2D eigenvalue weighted by Crippen LogP contribution is 2.40. The van der Waals surface area contributed by atoms with E-state index in [0.717, 1.165) is 25.0 Å². The number of anilines is 1. The van der Waals surface area contributed by atoms with Crippen LogP contribution in [-0.4, -0.2) is 43.1 Å². The molecule has 1 fully saturated rings. The fourth-order valence-electron chi connectivity index (χ4n) is 3.32. The van der Waals surface area contributed by atoms with Gasteiger partial charge in [-0.2, -0.15) is 8.78 Å². The maximum atomic E-state index is 14.6. The van der Waals surface area contributed by atoms with Crippen LogP contribution in [-0.2, 0) is 9.84 Å². The Morgan fingerprint density at radius 3 is 2.33 bits per heavy atom. The van der Waals surface area contributed by atoms with Crippen molar-refractivity contribution in [3.05, 3.63) is 60.2 Å². The topological polar surface area (TPSA) is 77.8 Å². The van der Waals surface area contributed by atoms with Crippen LogP contribution in [0.5, 0.6) is 0 Å². The van der Waals surface area contributed by atoms with E-state index in [0.29, 0.717) is 12.2 Å². The minimum absolute atomic E-state index is 0.0264. The highest BCUT2D eigenvalue weighted by molar-refractivity contribution is 7.92. The van der Waals surface area contributed by atoms with E-state index in [4.69, 9.17) is 0 Å². The molecule has 5 nitrogen and oxygen atoms in total. The zero-order chi connectivity index (χ0) is 19.7. The lowest BCUT2D eigenvalue weighted by molar-refractivity contribution is -0.0434. The molecule has 0 aromatic heterocycles.